The van der Waals surface area contributed by atoms with Crippen molar-refractivity contribution in [1.82, 2.24) is 35.9 Å². The Kier molecular flexibility index (Phi) is 7.40. The second kappa shape index (κ2) is 11.8. The number of fused-ring (bicyclic) bond motifs is 1. The van der Waals surface area contributed by atoms with Crippen LogP contribution in [0.1, 0.15) is 21.6 Å². The number of pyridine rings is 2. The van der Waals surface area contributed by atoms with Crippen LogP contribution < -0.4 is 24.3 Å². The first-order valence-electron chi connectivity index (χ1n) is 13.0. The average molecular weight is 564 g/mol. The van der Waals surface area contributed by atoms with Gasteiger partial charge in [-0.2, -0.15) is 5.21 Å². The second-order valence-electron chi connectivity index (χ2n) is 9.10. The number of aromatic amines is 1. The van der Waals surface area contributed by atoms with Crippen molar-refractivity contribution < 1.29 is 23.7 Å². The minimum absolute atomic E-state index is 0.149. The molecule has 0 spiro atoms. The van der Waals surface area contributed by atoms with Gasteiger partial charge in [-0.25, -0.2) is 4.98 Å². The number of methoxy groups -OCH3 is 1. The summed E-state index contributed by atoms with van der Waals surface area (Å²) in [6.07, 6.45) is 6.92. The summed E-state index contributed by atoms with van der Waals surface area (Å²) in [6, 6.07) is 16.2. The summed E-state index contributed by atoms with van der Waals surface area (Å²) in [5.74, 6) is 2.80. The van der Waals surface area contributed by atoms with Crippen molar-refractivity contribution in [2.75, 3.05) is 20.4 Å². The summed E-state index contributed by atoms with van der Waals surface area (Å²) in [4.78, 5) is 21.3. The lowest BCUT2D eigenvalue weighted by Crippen LogP contribution is -2.23. The van der Waals surface area contributed by atoms with Gasteiger partial charge in [-0.3, -0.25) is 9.78 Å². The number of hydrogen-bond acceptors (Lipinski definition) is 10. The van der Waals surface area contributed by atoms with Crippen molar-refractivity contribution in [1.29, 1.82) is 0 Å². The molecule has 3 aromatic heterocycles. The van der Waals surface area contributed by atoms with Gasteiger partial charge in [0.1, 0.15) is 11.5 Å². The highest BCUT2D eigenvalue weighted by molar-refractivity contribution is 5.94. The fourth-order valence-electron chi connectivity index (χ4n) is 4.49. The Labute approximate surface area is 240 Å². The number of rotatable bonds is 9. The van der Waals surface area contributed by atoms with Gasteiger partial charge in [0.2, 0.25) is 18.5 Å². The van der Waals surface area contributed by atoms with Crippen molar-refractivity contribution in [2.45, 2.75) is 6.92 Å². The normalized spacial score (nSPS) is 12.0. The predicted octanol–water partition coefficient (Wildman–Crippen LogP) is 4.60. The molecule has 0 fully saturated rings. The zero-order valence-electron chi connectivity index (χ0n) is 22.7. The molecule has 0 atom stereocenters. The third-order valence-corrected chi connectivity index (χ3v) is 6.51. The predicted molar refractivity (Wildman–Crippen MR) is 152 cm³/mol. The van der Waals surface area contributed by atoms with E-state index in [4.69, 9.17) is 23.9 Å². The van der Waals surface area contributed by atoms with E-state index in [2.05, 4.69) is 30.9 Å². The molecule has 12 nitrogen and oxygen atoms in total. The summed E-state index contributed by atoms with van der Waals surface area (Å²) < 4.78 is 22.7. The maximum Gasteiger partial charge on any atom is 0.251 e. The summed E-state index contributed by atoms with van der Waals surface area (Å²) in [5.41, 5.74) is 4.13. The van der Waals surface area contributed by atoms with Crippen LogP contribution in [-0.4, -0.2) is 56.9 Å². The maximum absolute atomic E-state index is 12.5. The molecule has 0 aliphatic carbocycles. The highest BCUT2D eigenvalue weighted by Crippen LogP contribution is 2.44. The van der Waals surface area contributed by atoms with E-state index in [1.54, 1.807) is 49.8 Å². The van der Waals surface area contributed by atoms with Gasteiger partial charge in [0, 0.05) is 47.4 Å². The number of carbonyl (C=O) groups is 1. The number of aromatic nitrogens is 6. The van der Waals surface area contributed by atoms with Gasteiger partial charge in [-0.05, 0) is 54.1 Å². The maximum atomic E-state index is 12.5. The first kappa shape index (κ1) is 26.4. The fraction of sp³-hybridized carbons (Fsp3) is 0.133. The van der Waals surface area contributed by atoms with Crippen molar-refractivity contribution in [3.05, 3.63) is 89.9 Å². The van der Waals surface area contributed by atoms with E-state index in [0.29, 0.717) is 45.6 Å². The van der Waals surface area contributed by atoms with E-state index in [1.807, 2.05) is 43.3 Å². The van der Waals surface area contributed by atoms with Crippen LogP contribution in [0.25, 0.3) is 28.6 Å². The van der Waals surface area contributed by atoms with Crippen LogP contribution in [0.3, 0.4) is 0 Å². The quantitative estimate of drug-likeness (QED) is 0.261. The van der Waals surface area contributed by atoms with Gasteiger partial charge in [-0.1, -0.05) is 24.3 Å². The number of tetrazole rings is 1. The fourth-order valence-corrected chi connectivity index (χ4v) is 4.49. The van der Waals surface area contributed by atoms with Crippen LogP contribution in [-0.2, 0) is 0 Å². The monoisotopic (exact) mass is 563 g/mol. The summed E-state index contributed by atoms with van der Waals surface area (Å²) >= 11 is 0. The Balaban J connectivity index is 1.42. The highest BCUT2D eigenvalue weighted by Gasteiger charge is 2.25. The molecule has 0 unspecified atom stereocenters. The SMILES string of the molecule is COc1ccc(-c2c(C=CCNC(=O)c3ccncc3)c(C)nc(Oc3ccc4c(c3)OCO4)c2-c2nn[nH]n2)cc1. The van der Waals surface area contributed by atoms with Crippen molar-refractivity contribution in [3.8, 4) is 51.4 Å². The van der Waals surface area contributed by atoms with Crippen LogP contribution in [0.4, 0.5) is 0 Å². The van der Waals surface area contributed by atoms with Crippen LogP contribution >= 0.6 is 0 Å². The molecule has 4 heterocycles. The van der Waals surface area contributed by atoms with Crippen molar-refractivity contribution >= 4 is 12.0 Å². The third kappa shape index (κ3) is 5.45. The number of hydrogen-bond donors (Lipinski definition) is 2. The van der Waals surface area contributed by atoms with Gasteiger partial charge >= 0.3 is 0 Å². The topological polar surface area (TPSA) is 146 Å². The summed E-state index contributed by atoms with van der Waals surface area (Å²) in [6.45, 7) is 2.32. The molecular formula is C30H25N7O5. The molecule has 0 saturated carbocycles. The van der Waals surface area contributed by atoms with E-state index in [1.165, 1.54) is 0 Å². The smallest absolute Gasteiger partial charge is 0.251 e. The molecule has 1 aliphatic heterocycles. The lowest BCUT2D eigenvalue weighted by molar-refractivity contribution is 0.0958. The molecular weight excluding hydrogens is 538 g/mol. The average Bonchev–Trinajstić information content (AvgIpc) is 3.73. The minimum atomic E-state index is -0.202. The molecule has 2 N–H and O–H groups in total. The van der Waals surface area contributed by atoms with Gasteiger partial charge in [-0.15, -0.1) is 10.2 Å². The van der Waals surface area contributed by atoms with E-state index >= 15 is 0 Å². The molecule has 1 aliphatic rings. The molecule has 0 radical (unpaired) electrons. The molecule has 0 bridgehead atoms. The number of benzene rings is 2. The zero-order valence-corrected chi connectivity index (χ0v) is 22.7. The second-order valence-corrected chi connectivity index (χ2v) is 9.10. The lowest BCUT2D eigenvalue weighted by Gasteiger charge is -2.18. The minimum Gasteiger partial charge on any atom is -0.497 e. The number of carbonyl (C=O) groups excluding carboxylic acids is 1. The Bertz CT molecular complexity index is 1740. The Morgan fingerprint density at radius 2 is 1.81 bits per heavy atom. The number of amides is 1. The number of nitrogens with zero attached hydrogens (tertiary/aromatic N) is 5. The van der Waals surface area contributed by atoms with Crippen molar-refractivity contribution in [2.24, 2.45) is 0 Å². The van der Waals surface area contributed by atoms with E-state index in [0.717, 1.165) is 16.7 Å². The molecule has 2 aromatic carbocycles. The standard InChI is InChI=1S/C30H25N7O5/c1-18-23(4-3-13-32-29(38)20-11-14-31-15-12-20)26(19-5-7-21(39-2)8-6-19)27(28-34-36-37-35-28)30(33-18)42-22-9-10-24-25(16-22)41-17-40-24/h3-12,14-16H,13,17H2,1-2H3,(H,32,38)(H,34,35,36,37). The van der Waals surface area contributed by atoms with Gasteiger partial charge in [0.25, 0.3) is 5.91 Å². The van der Waals surface area contributed by atoms with Gasteiger partial charge < -0.3 is 24.3 Å². The number of H-pyrrole nitrogens is 1. The first-order valence-corrected chi connectivity index (χ1v) is 13.0. The molecule has 0 saturated heterocycles. The van der Waals surface area contributed by atoms with E-state index in [-0.39, 0.29) is 25.1 Å². The van der Waals surface area contributed by atoms with Crippen LogP contribution in [0.5, 0.6) is 28.9 Å². The number of aryl methyl sites for hydroxylation is 1. The number of nitrogens with one attached hydrogen (secondary N) is 2. The van der Waals surface area contributed by atoms with Crippen LogP contribution in [0.2, 0.25) is 0 Å². The summed E-state index contributed by atoms with van der Waals surface area (Å²) in [7, 11) is 1.61. The van der Waals surface area contributed by atoms with Crippen LogP contribution in [0.15, 0.2) is 73.1 Å². The molecule has 12 heteroatoms. The Morgan fingerprint density at radius 1 is 1.02 bits per heavy atom. The van der Waals surface area contributed by atoms with Crippen LogP contribution in [0, 0.1) is 6.92 Å². The van der Waals surface area contributed by atoms with Crippen molar-refractivity contribution in [3.63, 3.8) is 0 Å². The molecule has 210 valence electrons. The Morgan fingerprint density at radius 3 is 2.57 bits per heavy atom. The third-order valence-electron chi connectivity index (χ3n) is 6.51. The van der Waals surface area contributed by atoms with Gasteiger partial charge in [0.05, 0.1) is 12.7 Å². The lowest BCUT2D eigenvalue weighted by atomic mass is 9.93. The largest absolute Gasteiger partial charge is 0.497 e. The zero-order chi connectivity index (χ0) is 28.9. The number of ether oxygens (including phenoxy) is 4. The highest BCUT2D eigenvalue weighted by atomic mass is 16.7. The molecule has 42 heavy (non-hydrogen) atoms. The first-order chi connectivity index (χ1) is 20.6. The van der Waals surface area contributed by atoms with Gasteiger partial charge in [0.15, 0.2) is 11.5 Å². The summed E-state index contributed by atoms with van der Waals surface area (Å²) in [5, 5.41) is 17.7. The molecule has 1 amide bonds. The van der Waals surface area contributed by atoms with E-state index < -0.39 is 0 Å². The van der Waals surface area contributed by atoms with E-state index in [9.17, 15) is 4.79 Å². The molecule has 5 aromatic rings. The molecule has 6 rings (SSSR count). The Hall–Kier alpha value is -5.78.